The number of benzene rings is 1. The number of nitrogens with zero attached hydrogens (tertiary/aromatic N) is 3. The molecule has 0 amide bonds. The Kier molecular flexibility index (Phi) is 5.07. The van der Waals surface area contributed by atoms with E-state index in [9.17, 15) is 0 Å². The van der Waals surface area contributed by atoms with Crippen LogP contribution in [0.2, 0.25) is 5.02 Å². The number of hydrogen-bond donors (Lipinski definition) is 1. The summed E-state index contributed by atoms with van der Waals surface area (Å²) in [5.74, 6) is 2.05. The van der Waals surface area contributed by atoms with E-state index in [0.717, 1.165) is 16.7 Å². The number of aromatic nitrogens is 3. The van der Waals surface area contributed by atoms with Gasteiger partial charge in [-0.15, -0.1) is 10.2 Å². The summed E-state index contributed by atoms with van der Waals surface area (Å²) in [6, 6.07) is 7.29. The number of halogens is 1. The lowest BCUT2D eigenvalue weighted by molar-refractivity contribution is 0.266. The highest BCUT2D eigenvalue weighted by molar-refractivity contribution is 7.99. The fraction of sp³-hybridized carbons (Fsp3) is 0.333. The number of ether oxygens (including phenoxy) is 1. The van der Waals surface area contributed by atoms with Crippen LogP contribution in [0.15, 0.2) is 29.4 Å². The second-order valence-corrected chi connectivity index (χ2v) is 5.27. The van der Waals surface area contributed by atoms with Gasteiger partial charge in [-0.2, -0.15) is 0 Å². The number of hydrogen-bond acceptors (Lipinski definition) is 5. The first-order chi connectivity index (χ1) is 9.20. The zero-order valence-corrected chi connectivity index (χ0v) is 12.0. The van der Waals surface area contributed by atoms with E-state index in [1.807, 2.05) is 19.2 Å². The van der Waals surface area contributed by atoms with Gasteiger partial charge in [-0.05, 0) is 18.2 Å². The molecule has 1 aromatic carbocycles. The van der Waals surface area contributed by atoms with Crippen molar-refractivity contribution >= 4 is 23.4 Å². The second kappa shape index (κ2) is 6.79. The summed E-state index contributed by atoms with van der Waals surface area (Å²) in [5, 5.41) is 18.3. The number of rotatable bonds is 6. The molecule has 7 heteroatoms. The predicted molar refractivity (Wildman–Crippen MR) is 74.6 cm³/mol. The molecule has 5 nitrogen and oxygen atoms in total. The van der Waals surface area contributed by atoms with Crippen LogP contribution in [0.1, 0.15) is 5.82 Å². The van der Waals surface area contributed by atoms with Gasteiger partial charge in [0.05, 0.1) is 6.61 Å². The summed E-state index contributed by atoms with van der Waals surface area (Å²) in [7, 11) is 1.83. The van der Waals surface area contributed by atoms with Crippen molar-refractivity contribution < 1.29 is 9.84 Å². The topological polar surface area (TPSA) is 60.2 Å². The van der Waals surface area contributed by atoms with Gasteiger partial charge in [0.1, 0.15) is 12.4 Å². The lowest BCUT2D eigenvalue weighted by Gasteiger charge is -2.06. The van der Waals surface area contributed by atoms with Crippen molar-refractivity contribution in [2.45, 2.75) is 11.8 Å². The van der Waals surface area contributed by atoms with Crippen LogP contribution in [-0.4, -0.2) is 32.2 Å². The molecule has 19 heavy (non-hydrogen) atoms. The Hall–Kier alpha value is -1.24. The standard InChI is InChI=1S/C12H14ClN3O2S/c1-16-11(8-17)14-15-12(16)19-6-5-18-10-4-2-3-9(13)7-10/h2-4,7,17H,5-6,8H2,1H3. The molecule has 0 aliphatic carbocycles. The van der Waals surface area contributed by atoms with Crippen LogP contribution in [0.3, 0.4) is 0 Å². The van der Waals surface area contributed by atoms with Crippen molar-refractivity contribution in [3.63, 3.8) is 0 Å². The molecule has 1 N–H and O–H groups in total. The monoisotopic (exact) mass is 299 g/mol. The van der Waals surface area contributed by atoms with E-state index in [0.29, 0.717) is 17.5 Å². The van der Waals surface area contributed by atoms with Crippen molar-refractivity contribution in [1.82, 2.24) is 14.8 Å². The predicted octanol–water partition coefficient (Wildman–Crippen LogP) is 2.13. The Balaban J connectivity index is 1.79. The third-order valence-electron chi connectivity index (χ3n) is 2.45. The van der Waals surface area contributed by atoms with Crippen molar-refractivity contribution in [3.05, 3.63) is 35.1 Å². The average molecular weight is 300 g/mol. The van der Waals surface area contributed by atoms with Crippen molar-refractivity contribution in [2.75, 3.05) is 12.4 Å². The third kappa shape index (κ3) is 3.86. The summed E-state index contributed by atoms with van der Waals surface area (Å²) in [4.78, 5) is 0. The van der Waals surface area contributed by atoms with E-state index in [-0.39, 0.29) is 6.61 Å². The highest BCUT2D eigenvalue weighted by Gasteiger charge is 2.07. The van der Waals surface area contributed by atoms with E-state index >= 15 is 0 Å². The van der Waals surface area contributed by atoms with Gasteiger partial charge in [-0.1, -0.05) is 29.4 Å². The van der Waals surface area contributed by atoms with Crippen LogP contribution < -0.4 is 4.74 Å². The molecule has 0 saturated carbocycles. The van der Waals surface area contributed by atoms with Crippen LogP contribution in [0, 0.1) is 0 Å². The highest BCUT2D eigenvalue weighted by Crippen LogP contribution is 2.19. The van der Waals surface area contributed by atoms with E-state index < -0.39 is 0 Å². The highest BCUT2D eigenvalue weighted by atomic mass is 35.5. The van der Waals surface area contributed by atoms with Crippen molar-refractivity contribution in [3.8, 4) is 5.75 Å². The molecule has 2 aromatic rings. The summed E-state index contributed by atoms with van der Waals surface area (Å²) in [6.07, 6.45) is 0. The molecular weight excluding hydrogens is 286 g/mol. The molecule has 1 heterocycles. The van der Waals surface area contributed by atoms with Crippen LogP contribution in [0.5, 0.6) is 5.75 Å². The Morgan fingerprint density at radius 3 is 2.95 bits per heavy atom. The summed E-state index contributed by atoms with van der Waals surface area (Å²) >= 11 is 7.39. The fourth-order valence-corrected chi connectivity index (χ4v) is 2.38. The molecule has 0 aliphatic heterocycles. The van der Waals surface area contributed by atoms with E-state index in [1.54, 1.807) is 16.7 Å². The van der Waals surface area contributed by atoms with Gasteiger partial charge in [-0.3, -0.25) is 0 Å². The third-order valence-corrected chi connectivity index (χ3v) is 3.67. The van der Waals surface area contributed by atoms with Gasteiger partial charge in [-0.25, -0.2) is 0 Å². The maximum Gasteiger partial charge on any atom is 0.191 e. The van der Waals surface area contributed by atoms with Gasteiger partial charge in [0.2, 0.25) is 0 Å². The van der Waals surface area contributed by atoms with Gasteiger partial charge >= 0.3 is 0 Å². The zero-order chi connectivity index (χ0) is 13.7. The fourth-order valence-electron chi connectivity index (χ4n) is 1.46. The summed E-state index contributed by atoms with van der Waals surface area (Å²) in [5.41, 5.74) is 0. The SMILES string of the molecule is Cn1c(CO)nnc1SCCOc1cccc(Cl)c1. The molecule has 0 unspecified atom stereocenters. The molecule has 0 spiro atoms. The van der Waals surface area contributed by atoms with Crippen LogP contribution in [0.25, 0.3) is 0 Å². The normalized spacial score (nSPS) is 10.7. The molecule has 2 rings (SSSR count). The molecule has 0 radical (unpaired) electrons. The van der Waals surface area contributed by atoms with Crippen LogP contribution in [0.4, 0.5) is 0 Å². The Bertz CT molecular complexity index is 548. The molecule has 0 fully saturated rings. The largest absolute Gasteiger partial charge is 0.493 e. The van der Waals surface area contributed by atoms with Crippen LogP contribution >= 0.6 is 23.4 Å². The first-order valence-electron chi connectivity index (χ1n) is 5.71. The number of aliphatic hydroxyl groups is 1. The first kappa shape index (κ1) is 14.2. The van der Waals surface area contributed by atoms with Gasteiger partial charge < -0.3 is 14.4 Å². The van der Waals surface area contributed by atoms with Crippen LogP contribution in [-0.2, 0) is 13.7 Å². The van der Waals surface area contributed by atoms with E-state index in [2.05, 4.69) is 10.2 Å². The number of aliphatic hydroxyl groups excluding tert-OH is 1. The molecule has 102 valence electrons. The average Bonchev–Trinajstić information content (AvgIpc) is 2.76. The minimum Gasteiger partial charge on any atom is -0.493 e. The molecule has 0 saturated heterocycles. The lowest BCUT2D eigenvalue weighted by Crippen LogP contribution is -2.02. The molecule has 0 aliphatic rings. The van der Waals surface area contributed by atoms with Gasteiger partial charge in [0, 0.05) is 17.8 Å². The summed E-state index contributed by atoms with van der Waals surface area (Å²) < 4.78 is 7.34. The first-order valence-corrected chi connectivity index (χ1v) is 7.07. The lowest BCUT2D eigenvalue weighted by atomic mass is 10.3. The minimum absolute atomic E-state index is 0.108. The van der Waals surface area contributed by atoms with E-state index in [1.165, 1.54) is 11.8 Å². The zero-order valence-electron chi connectivity index (χ0n) is 10.4. The maximum absolute atomic E-state index is 9.01. The van der Waals surface area contributed by atoms with Crippen molar-refractivity contribution in [2.24, 2.45) is 7.05 Å². The molecule has 0 atom stereocenters. The quantitative estimate of drug-likeness (QED) is 0.654. The maximum atomic E-state index is 9.01. The number of thioether (sulfide) groups is 1. The Labute approximate surface area is 120 Å². The van der Waals surface area contributed by atoms with Gasteiger partial charge in [0.15, 0.2) is 11.0 Å². The Morgan fingerprint density at radius 1 is 1.42 bits per heavy atom. The Morgan fingerprint density at radius 2 is 2.26 bits per heavy atom. The van der Waals surface area contributed by atoms with Crippen molar-refractivity contribution in [1.29, 1.82) is 0 Å². The second-order valence-electron chi connectivity index (χ2n) is 3.77. The molecular formula is C12H14ClN3O2S. The molecule has 1 aromatic heterocycles. The minimum atomic E-state index is -0.108. The summed E-state index contributed by atoms with van der Waals surface area (Å²) in [6.45, 7) is 0.440. The smallest absolute Gasteiger partial charge is 0.191 e. The molecule has 0 bridgehead atoms. The van der Waals surface area contributed by atoms with Gasteiger partial charge in [0.25, 0.3) is 0 Å². The van der Waals surface area contributed by atoms with E-state index in [4.69, 9.17) is 21.4 Å².